The number of anilines is 2. The molecular formula is C21H20ClN5O2. The molecule has 4 aromatic rings. The van der Waals surface area contributed by atoms with Gasteiger partial charge in [0.05, 0.1) is 41.7 Å². The van der Waals surface area contributed by atoms with E-state index in [4.69, 9.17) is 31.0 Å². The summed E-state index contributed by atoms with van der Waals surface area (Å²) in [5.74, 6) is 2.22. The Kier molecular flexibility index (Phi) is 4.98. The number of nitrogens with zero attached hydrogens (tertiary/aromatic N) is 4. The van der Waals surface area contributed by atoms with Gasteiger partial charge in [-0.15, -0.1) is 0 Å². The van der Waals surface area contributed by atoms with Crippen LogP contribution in [0.15, 0.2) is 42.5 Å². The van der Waals surface area contributed by atoms with Gasteiger partial charge in [0.15, 0.2) is 11.6 Å². The maximum atomic E-state index is 6.33. The number of hydrogen-bond donors (Lipinski definition) is 1. The van der Waals surface area contributed by atoms with Gasteiger partial charge < -0.3 is 14.8 Å². The van der Waals surface area contributed by atoms with Gasteiger partial charge in [-0.1, -0.05) is 23.7 Å². The minimum Gasteiger partial charge on any atom is -0.495 e. The minimum absolute atomic E-state index is 0.456. The lowest BCUT2D eigenvalue weighted by Gasteiger charge is -2.16. The van der Waals surface area contributed by atoms with E-state index in [0.29, 0.717) is 33.8 Å². The summed E-state index contributed by atoms with van der Waals surface area (Å²) in [5.41, 5.74) is 4.04. The first-order valence-electron chi connectivity index (χ1n) is 8.99. The highest BCUT2D eigenvalue weighted by molar-refractivity contribution is 6.32. The predicted molar refractivity (Wildman–Crippen MR) is 114 cm³/mol. The molecule has 0 saturated heterocycles. The van der Waals surface area contributed by atoms with Crippen molar-refractivity contribution in [2.24, 2.45) is 0 Å². The second-order valence-corrected chi connectivity index (χ2v) is 6.94. The van der Waals surface area contributed by atoms with Crippen LogP contribution in [0.1, 0.15) is 11.4 Å². The van der Waals surface area contributed by atoms with E-state index in [2.05, 4.69) is 10.4 Å². The Morgan fingerprint density at radius 1 is 0.931 bits per heavy atom. The number of aryl methyl sites for hydroxylation is 2. The Balaban J connectivity index is 1.90. The molecule has 8 heteroatoms. The van der Waals surface area contributed by atoms with Crippen LogP contribution in [0.3, 0.4) is 0 Å². The number of aromatic nitrogens is 4. The van der Waals surface area contributed by atoms with Gasteiger partial charge in [-0.2, -0.15) is 5.10 Å². The van der Waals surface area contributed by atoms with Crippen LogP contribution in [0.4, 0.5) is 11.5 Å². The van der Waals surface area contributed by atoms with Gasteiger partial charge in [0.1, 0.15) is 11.5 Å². The van der Waals surface area contributed by atoms with Crippen LogP contribution < -0.4 is 14.8 Å². The SMILES string of the molecule is COc1cc(OC)c(Nc2nc3ccccc3nc2-n2nc(C)cc2C)cc1Cl. The lowest BCUT2D eigenvalue weighted by molar-refractivity contribution is 0.396. The third-order valence-corrected chi connectivity index (χ3v) is 4.78. The summed E-state index contributed by atoms with van der Waals surface area (Å²) in [6.07, 6.45) is 0. The fourth-order valence-corrected chi connectivity index (χ4v) is 3.39. The molecule has 7 nitrogen and oxygen atoms in total. The van der Waals surface area contributed by atoms with Crippen molar-refractivity contribution in [2.45, 2.75) is 13.8 Å². The highest BCUT2D eigenvalue weighted by Crippen LogP contribution is 2.38. The second kappa shape index (κ2) is 7.60. The molecule has 0 aliphatic rings. The van der Waals surface area contributed by atoms with Crippen LogP contribution >= 0.6 is 11.6 Å². The molecule has 29 heavy (non-hydrogen) atoms. The lowest BCUT2D eigenvalue weighted by Crippen LogP contribution is -2.09. The van der Waals surface area contributed by atoms with Crippen molar-refractivity contribution >= 4 is 34.1 Å². The number of halogens is 1. The van der Waals surface area contributed by atoms with Crippen molar-refractivity contribution in [3.63, 3.8) is 0 Å². The van der Waals surface area contributed by atoms with E-state index < -0.39 is 0 Å². The largest absolute Gasteiger partial charge is 0.495 e. The number of ether oxygens (including phenoxy) is 2. The Morgan fingerprint density at radius 2 is 1.62 bits per heavy atom. The molecule has 2 aromatic carbocycles. The van der Waals surface area contributed by atoms with Gasteiger partial charge in [0, 0.05) is 11.8 Å². The standard InChI is InChI=1S/C21H20ClN5O2/c1-12-9-13(2)27(26-12)21-20(23-15-7-5-6-8-16(15)25-21)24-17-10-14(22)18(28-3)11-19(17)29-4/h5-11H,1-4H3,(H,23,24). The molecule has 0 aliphatic heterocycles. The number of benzene rings is 2. The summed E-state index contributed by atoms with van der Waals surface area (Å²) >= 11 is 6.33. The third-order valence-electron chi connectivity index (χ3n) is 4.49. The van der Waals surface area contributed by atoms with Crippen molar-refractivity contribution in [3.8, 4) is 17.3 Å². The molecule has 0 unspecified atom stereocenters. The van der Waals surface area contributed by atoms with Crippen molar-refractivity contribution < 1.29 is 9.47 Å². The zero-order valence-electron chi connectivity index (χ0n) is 16.5. The van der Waals surface area contributed by atoms with Crippen molar-refractivity contribution in [1.82, 2.24) is 19.7 Å². The molecule has 4 rings (SSSR count). The Morgan fingerprint density at radius 3 is 2.24 bits per heavy atom. The zero-order chi connectivity index (χ0) is 20.5. The van der Waals surface area contributed by atoms with Crippen LogP contribution in [-0.2, 0) is 0 Å². The highest BCUT2D eigenvalue weighted by atomic mass is 35.5. The maximum absolute atomic E-state index is 6.33. The first-order valence-corrected chi connectivity index (χ1v) is 9.37. The molecule has 0 fully saturated rings. The molecule has 148 valence electrons. The highest BCUT2D eigenvalue weighted by Gasteiger charge is 2.17. The van der Waals surface area contributed by atoms with Gasteiger partial charge in [-0.05, 0) is 38.1 Å². The number of fused-ring (bicyclic) bond motifs is 1. The molecule has 0 spiro atoms. The fourth-order valence-electron chi connectivity index (χ4n) is 3.15. The summed E-state index contributed by atoms with van der Waals surface area (Å²) in [4.78, 5) is 9.58. The van der Waals surface area contributed by atoms with Gasteiger partial charge in [0.25, 0.3) is 0 Å². The quantitative estimate of drug-likeness (QED) is 0.508. The van der Waals surface area contributed by atoms with Gasteiger partial charge >= 0.3 is 0 Å². The van der Waals surface area contributed by atoms with Crippen LogP contribution in [0.5, 0.6) is 11.5 Å². The molecule has 0 aliphatic carbocycles. The lowest BCUT2D eigenvalue weighted by atomic mass is 10.2. The number of methoxy groups -OCH3 is 2. The number of hydrogen-bond acceptors (Lipinski definition) is 6. The summed E-state index contributed by atoms with van der Waals surface area (Å²) in [7, 11) is 3.14. The topological polar surface area (TPSA) is 74.1 Å². The van der Waals surface area contributed by atoms with Gasteiger partial charge in [0.2, 0.25) is 0 Å². The molecule has 2 aromatic heterocycles. The molecule has 0 radical (unpaired) electrons. The van der Waals surface area contributed by atoms with E-state index in [-0.39, 0.29) is 0 Å². The summed E-state index contributed by atoms with van der Waals surface area (Å²) in [6.45, 7) is 3.92. The van der Waals surface area contributed by atoms with E-state index in [1.54, 1.807) is 31.0 Å². The summed E-state index contributed by atoms with van der Waals surface area (Å²) < 4.78 is 12.6. The summed E-state index contributed by atoms with van der Waals surface area (Å²) in [6, 6.07) is 13.1. The molecule has 2 heterocycles. The molecule has 0 bridgehead atoms. The van der Waals surface area contributed by atoms with Gasteiger partial charge in [-0.3, -0.25) is 0 Å². The smallest absolute Gasteiger partial charge is 0.197 e. The molecule has 1 N–H and O–H groups in total. The summed E-state index contributed by atoms with van der Waals surface area (Å²) in [5, 5.41) is 8.34. The number of nitrogens with one attached hydrogen (secondary N) is 1. The van der Waals surface area contributed by atoms with Gasteiger partial charge in [-0.25, -0.2) is 14.6 Å². The van der Waals surface area contributed by atoms with Crippen molar-refractivity contribution in [2.75, 3.05) is 19.5 Å². The van der Waals surface area contributed by atoms with Crippen LogP contribution in [0.2, 0.25) is 5.02 Å². The average molecular weight is 410 g/mol. The maximum Gasteiger partial charge on any atom is 0.197 e. The van der Waals surface area contributed by atoms with E-state index in [9.17, 15) is 0 Å². The van der Waals surface area contributed by atoms with Crippen molar-refractivity contribution in [3.05, 3.63) is 58.9 Å². The van der Waals surface area contributed by atoms with Crippen molar-refractivity contribution in [1.29, 1.82) is 0 Å². The zero-order valence-corrected chi connectivity index (χ0v) is 17.3. The number of para-hydroxylation sites is 2. The molecule has 0 saturated carbocycles. The van der Waals surface area contributed by atoms with Crippen LogP contribution in [-0.4, -0.2) is 34.0 Å². The molecule has 0 amide bonds. The third kappa shape index (κ3) is 3.56. The Bertz CT molecular complexity index is 1210. The first kappa shape index (κ1) is 19.0. The van der Waals surface area contributed by atoms with Crippen LogP contribution in [0.25, 0.3) is 16.9 Å². The normalized spacial score (nSPS) is 10.9. The number of rotatable bonds is 5. The Labute approximate surface area is 173 Å². The average Bonchev–Trinajstić information content (AvgIpc) is 3.05. The molecule has 0 atom stereocenters. The molecular weight excluding hydrogens is 390 g/mol. The predicted octanol–water partition coefficient (Wildman–Crippen LogP) is 4.85. The van der Waals surface area contributed by atoms with E-state index in [0.717, 1.165) is 22.4 Å². The Hall–Kier alpha value is -3.32. The van der Waals surface area contributed by atoms with E-state index in [1.165, 1.54) is 0 Å². The van der Waals surface area contributed by atoms with Crippen LogP contribution in [0, 0.1) is 13.8 Å². The fraction of sp³-hybridized carbons (Fsp3) is 0.190. The second-order valence-electron chi connectivity index (χ2n) is 6.54. The first-order chi connectivity index (χ1) is 14.0. The van der Waals surface area contributed by atoms with E-state index >= 15 is 0 Å². The monoisotopic (exact) mass is 409 g/mol. The minimum atomic E-state index is 0.456. The van der Waals surface area contributed by atoms with E-state index in [1.807, 2.05) is 44.2 Å².